The lowest BCUT2D eigenvalue weighted by atomic mass is 10.1. The molecule has 106 valence electrons. The summed E-state index contributed by atoms with van der Waals surface area (Å²) in [6.07, 6.45) is 4.03. The molecule has 0 N–H and O–H groups in total. The Balaban J connectivity index is 1.99. The third kappa shape index (κ3) is 2.90. The van der Waals surface area contributed by atoms with E-state index in [1.165, 1.54) is 0 Å². The van der Waals surface area contributed by atoms with E-state index in [0.29, 0.717) is 22.7 Å². The molecule has 0 saturated heterocycles. The summed E-state index contributed by atoms with van der Waals surface area (Å²) in [6.45, 7) is 0. The van der Waals surface area contributed by atoms with Gasteiger partial charge in [-0.25, -0.2) is 0 Å². The molecule has 1 aromatic carbocycles. The van der Waals surface area contributed by atoms with E-state index < -0.39 is 0 Å². The summed E-state index contributed by atoms with van der Waals surface area (Å²) in [6, 6.07) is 11.1. The van der Waals surface area contributed by atoms with Crippen molar-refractivity contribution in [3.8, 4) is 5.75 Å². The number of nitrogens with zero attached hydrogens (tertiary/aromatic N) is 2. The summed E-state index contributed by atoms with van der Waals surface area (Å²) in [5.41, 5.74) is 2.02. The SMILES string of the molecule is COc1ccc(Cc2cn3cc(Cl)ccc3nc2=O)cc1. The molecule has 0 saturated carbocycles. The molecular weight excluding hydrogens is 288 g/mol. The van der Waals surface area contributed by atoms with Crippen molar-refractivity contribution in [3.05, 3.63) is 75.3 Å². The Labute approximate surface area is 126 Å². The molecule has 5 heteroatoms. The van der Waals surface area contributed by atoms with Crippen molar-refractivity contribution in [2.24, 2.45) is 0 Å². The van der Waals surface area contributed by atoms with Gasteiger partial charge in [0.1, 0.15) is 11.4 Å². The van der Waals surface area contributed by atoms with Crippen LogP contribution in [-0.4, -0.2) is 16.5 Å². The van der Waals surface area contributed by atoms with Crippen molar-refractivity contribution in [3.63, 3.8) is 0 Å². The van der Waals surface area contributed by atoms with Crippen LogP contribution in [0.5, 0.6) is 5.75 Å². The van der Waals surface area contributed by atoms with Gasteiger partial charge in [0.2, 0.25) is 0 Å². The summed E-state index contributed by atoms with van der Waals surface area (Å²) in [7, 11) is 1.62. The average Bonchev–Trinajstić information content (AvgIpc) is 2.49. The summed E-state index contributed by atoms with van der Waals surface area (Å²) >= 11 is 5.96. The molecule has 3 aromatic rings. The molecular formula is C16H13ClN2O2. The molecule has 0 aliphatic rings. The van der Waals surface area contributed by atoms with Gasteiger partial charge in [-0.2, -0.15) is 4.98 Å². The molecule has 0 bridgehead atoms. The first-order chi connectivity index (χ1) is 10.2. The van der Waals surface area contributed by atoms with Gasteiger partial charge in [-0.15, -0.1) is 0 Å². The molecule has 4 nitrogen and oxygen atoms in total. The second-order valence-electron chi connectivity index (χ2n) is 4.71. The van der Waals surface area contributed by atoms with E-state index in [2.05, 4.69) is 4.98 Å². The molecule has 0 spiro atoms. The lowest BCUT2D eigenvalue weighted by Crippen LogP contribution is -2.15. The van der Waals surface area contributed by atoms with E-state index in [1.54, 1.807) is 36.0 Å². The Morgan fingerprint density at radius 2 is 1.90 bits per heavy atom. The Hall–Kier alpha value is -2.33. The fourth-order valence-electron chi connectivity index (χ4n) is 2.16. The van der Waals surface area contributed by atoms with E-state index in [1.807, 2.05) is 24.3 Å². The van der Waals surface area contributed by atoms with Crippen LogP contribution in [0.4, 0.5) is 0 Å². The highest BCUT2D eigenvalue weighted by atomic mass is 35.5. The van der Waals surface area contributed by atoms with Crippen LogP contribution < -0.4 is 10.3 Å². The predicted octanol–water partition coefficient (Wildman–Crippen LogP) is 2.95. The lowest BCUT2D eigenvalue weighted by molar-refractivity contribution is 0.414. The molecule has 0 aliphatic heterocycles. The molecule has 0 fully saturated rings. The molecule has 0 unspecified atom stereocenters. The van der Waals surface area contributed by atoms with Gasteiger partial charge in [-0.05, 0) is 29.8 Å². The first-order valence-electron chi connectivity index (χ1n) is 6.46. The zero-order valence-electron chi connectivity index (χ0n) is 11.4. The van der Waals surface area contributed by atoms with Gasteiger partial charge in [0.15, 0.2) is 0 Å². The van der Waals surface area contributed by atoms with Crippen molar-refractivity contribution >= 4 is 17.2 Å². The number of aromatic nitrogens is 2. The van der Waals surface area contributed by atoms with Crippen molar-refractivity contribution in [1.82, 2.24) is 9.38 Å². The first-order valence-corrected chi connectivity index (χ1v) is 6.84. The van der Waals surface area contributed by atoms with E-state index >= 15 is 0 Å². The van der Waals surface area contributed by atoms with Crippen LogP contribution in [0.2, 0.25) is 5.02 Å². The van der Waals surface area contributed by atoms with Crippen molar-refractivity contribution in [1.29, 1.82) is 0 Å². The number of fused-ring (bicyclic) bond motifs is 1. The number of hydrogen-bond donors (Lipinski definition) is 0. The van der Waals surface area contributed by atoms with E-state index in [9.17, 15) is 4.79 Å². The summed E-state index contributed by atoms with van der Waals surface area (Å²) in [5.74, 6) is 0.791. The van der Waals surface area contributed by atoms with Crippen LogP contribution in [0.25, 0.3) is 5.65 Å². The number of halogens is 1. The van der Waals surface area contributed by atoms with Crippen LogP contribution in [0.1, 0.15) is 11.1 Å². The van der Waals surface area contributed by atoms with Crippen LogP contribution in [0.3, 0.4) is 0 Å². The van der Waals surface area contributed by atoms with Gasteiger partial charge in [0.05, 0.1) is 12.1 Å². The maximum Gasteiger partial charge on any atom is 0.276 e. The molecule has 0 atom stereocenters. The Kier molecular flexibility index (Phi) is 3.62. The van der Waals surface area contributed by atoms with Crippen molar-refractivity contribution in [2.75, 3.05) is 7.11 Å². The monoisotopic (exact) mass is 300 g/mol. The lowest BCUT2D eigenvalue weighted by Gasteiger charge is -2.06. The third-order valence-electron chi connectivity index (χ3n) is 3.26. The average molecular weight is 301 g/mol. The fraction of sp³-hybridized carbons (Fsp3) is 0.125. The summed E-state index contributed by atoms with van der Waals surface area (Å²) < 4.78 is 6.89. The normalized spacial score (nSPS) is 10.8. The number of benzene rings is 1. The Morgan fingerprint density at radius 1 is 1.14 bits per heavy atom. The predicted molar refractivity (Wildman–Crippen MR) is 82.3 cm³/mol. The molecule has 0 radical (unpaired) electrons. The van der Waals surface area contributed by atoms with E-state index in [0.717, 1.165) is 11.3 Å². The second kappa shape index (κ2) is 5.58. The topological polar surface area (TPSA) is 43.6 Å². The minimum Gasteiger partial charge on any atom is -0.497 e. The maximum absolute atomic E-state index is 12.1. The fourth-order valence-corrected chi connectivity index (χ4v) is 2.33. The smallest absolute Gasteiger partial charge is 0.276 e. The highest BCUT2D eigenvalue weighted by Crippen LogP contribution is 2.14. The van der Waals surface area contributed by atoms with E-state index in [4.69, 9.17) is 16.3 Å². The molecule has 2 aromatic heterocycles. The van der Waals surface area contributed by atoms with E-state index in [-0.39, 0.29) is 5.56 Å². The van der Waals surface area contributed by atoms with Crippen LogP contribution in [-0.2, 0) is 6.42 Å². The summed E-state index contributed by atoms with van der Waals surface area (Å²) in [5, 5.41) is 0.600. The number of rotatable bonds is 3. The molecule has 21 heavy (non-hydrogen) atoms. The number of ether oxygens (including phenoxy) is 1. The molecule has 0 amide bonds. The largest absolute Gasteiger partial charge is 0.497 e. The van der Waals surface area contributed by atoms with Gasteiger partial charge in [0.25, 0.3) is 5.56 Å². The van der Waals surface area contributed by atoms with Gasteiger partial charge < -0.3 is 9.14 Å². The zero-order valence-corrected chi connectivity index (χ0v) is 12.2. The van der Waals surface area contributed by atoms with Gasteiger partial charge >= 0.3 is 0 Å². The molecule has 2 heterocycles. The van der Waals surface area contributed by atoms with Crippen LogP contribution in [0, 0.1) is 0 Å². The summed E-state index contributed by atoms with van der Waals surface area (Å²) in [4.78, 5) is 16.1. The highest BCUT2D eigenvalue weighted by molar-refractivity contribution is 6.30. The second-order valence-corrected chi connectivity index (χ2v) is 5.15. The quantitative estimate of drug-likeness (QED) is 0.747. The first kappa shape index (κ1) is 13.6. The van der Waals surface area contributed by atoms with Crippen LogP contribution in [0.15, 0.2) is 53.6 Å². The van der Waals surface area contributed by atoms with Crippen LogP contribution >= 0.6 is 11.6 Å². The standard InChI is InChI=1S/C16H13ClN2O2/c1-21-14-5-2-11(3-6-14)8-12-9-19-10-13(17)4-7-15(19)18-16(12)20/h2-7,9-10H,8H2,1H3. The Morgan fingerprint density at radius 3 is 2.62 bits per heavy atom. The van der Waals surface area contributed by atoms with Gasteiger partial charge in [0, 0.05) is 24.4 Å². The maximum atomic E-state index is 12.1. The number of pyridine rings is 1. The third-order valence-corrected chi connectivity index (χ3v) is 3.48. The van der Waals surface area contributed by atoms with Gasteiger partial charge in [-0.3, -0.25) is 4.79 Å². The minimum atomic E-state index is -0.215. The molecule has 0 aliphatic carbocycles. The minimum absolute atomic E-state index is 0.215. The Bertz CT molecular complexity index is 841. The van der Waals surface area contributed by atoms with Crippen molar-refractivity contribution < 1.29 is 4.74 Å². The zero-order chi connectivity index (χ0) is 14.8. The number of methoxy groups -OCH3 is 1. The number of hydrogen-bond acceptors (Lipinski definition) is 3. The molecule has 3 rings (SSSR count). The highest BCUT2D eigenvalue weighted by Gasteiger charge is 2.05. The van der Waals surface area contributed by atoms with Crippen molar-refractivity contribution in [2.45, 2.75) is 6.42 Å². The van der Waals surface area contributed by atoms with Gasteiger partial charge in [-0.1, -0.05) is 23.7 Å².